The molecule has 3 heteroatoms. The maximum absolute atomic E-state index is 10.8. The maximum atomic E-state index is 10.8. The predicted octanol–water partition coefficient (Wildman–Crippen LogP) is 1.63. The number of aromatic nitrogens is 2. The second-order valence-electron chi connectivity index (χ2n) is 3.32. The van der Waals surface area contributed by atoms with Gasteiger partial charge in [0.05, 0.1) is 6.33 Å². The first-order chi connectivity index (χ1) is 7.81. The van der Waals surface area contributed by atoms with Gasteiger partial charge in [-0.2, -0.15) is 0 Å². The zero-order valence-electron chi connectivity index (χ0n) is 8.84. The van der Waals surface area contributed by atoms with Crippen molar-refractivity contribution in [2.24, 2.45) is 7.05 Å². The molecule has 78 valence electrons. The second kappa shape index (κ2) is 4.45. The average molecular weight is 210 g/mol. The second-order valence-corrected chi connectivity index (χ2v) is 3.32. The minimum absolute atomic E-state index is 0.503. The molecule has 0 aliphatic carbocycles. The van der Waals surface area contributed by atoms with Gasteiger partial charge in [0, 0.05) is 12.6 Å². The summed E-state index contributed by atoms with van der Waals surface area (Å²) in [7, 11) is 1.77. The van der Waals surface area contributed by atoms with Crippen LogP contribution in [0.3, 0.4) is 0 Å². The molecule has 1 aromatic carbocycles. The number of imidazole rings is 1. The summed E-state index contributed by atoms with van der Waals surface area (Å²) in [6.45, 7) is 0. The molecule has 0 saturated carbocycles. The zero-order valence-corrected chi connectivity index (χ0v) is 8.84. The van der Waals surface area contributed by atoms with E-state index in [4.69, 9.17) is 0 Å². The van der Waals surface area contributed by atoms with Gasteiger partial charge in [0.2, 0.25) is 0 Å². The summed E-state index contributed by atoms with van der Waals surface area (Å²) >= 11 is 0. The van der Waals surface area contributed by atoms with Crippen molar-refractivity contribution >= 4 is 6.29 Å². The van der Waals surface area contributed by atoms with Crippen LogP contribution in [0.2, 0.25) is 0 Å². The van der Waals surface area contributed by atoms with E-state index in [0.29, 0.717) is 11.4 Å². The molecular formula is C13H10N2O. The largest absolute Gasteiger partial charge is 0.330 e. The Morgan fingerprint density at radius 1 is 1.25 bits per heavy atom. The minimum atomic E-state index is 0.503. The van der Waals surface area contributed by atoms with E-state index in [9.17, 15) is 4.79 Å². The van der Waals surface area contributed by atoms with Gasteiger partial charge in [0.25, 0.3) is 0 Å². The lowest BCUT2D eigenvalue weighted by atomic mass is 10.2. The van der Waals surface area contributed by atoms with Crippen LogP contribution in [-0.2, 0) is 7.05 Å². The van der Waals surface area contributed by atoms with E-state index < -0.39 is 0 Å². The normalized spacial score (nSPS) is 9.31. The fourth-order valence-corrected chi connectivity index (χ4v) is 1.33. The monoisotopic (exact) mass is 210 g/mol. The van der Waals surface area contributed by atoms with Gasteiger partial charge in [-0.15, -0.1) is 0 Å². The van der Waals surface area contributed by atoms with Crippen LogP contribution in [0.25, 0.3) is 0 Å². The third kappa shape index (κ3) is 2.01. The summed E-state index contributed by atoms with van der Waals surface area (Å²) in [5.74, 6) is 5.85. The van der Waals surface area contributed by atoms with Crippen LogP contribution in [0.1, 0.15) is 21.7 Å². The molecule has 1 aromatic heterocycles. The molecule has 2 rings (SSSR count). The Hall–Kier alpha value is -2.34. The van der Waals surface area contributed by atoms with Crippen LogP contribution in [0, 0.1) is 11.8 Å². The van der Waals surface area contributed by atoms with E-state index in [0.717, 1.165) is 11.8 Å². The molecule has 3 nitrogen and oxygen atoms in total. The molecule has 0 aliphatic rings. The van der Waals surface area contributed by atoms with Crippen molar-refractivity contribution in [1.82, 2.24) is 9.55 Å². The highest BCUT2D eigenvalue weighted by atomic mass is 16.1. The van der Waals surface area contributed by atoms with Crippen LogP contribution < -0.4 is 0 Å². The quantitative estimate of drug-likeness (QED) is 0.529. The summed E-state index contributed by atoms with van der Waals surface area (Å²) in [6, 6.07) is 9.60. The first kappa shape index (κ1) is 10.2. The molecule has 0 saturated heterocycles. The van der Waals surface area contributed by atoms with Gasteiger partial charge in [-0.1, -0.05) is 24.1 Å². The number of aldehydes is 1. The SMILES string of the molecule is Cn1cnc(C#Cc2ccccc2)c1C=O. The van der Waals surface area contributed by atoms with Gasteiger partial charge >= 0.3 is 0 Å². The highest BCUT2D eigenvalue weighted by Gasteiger charge is 2.03. The third-order valence-electron chi connectivity index (χ3n) is 2.19. The number of hydrogen-bond acceptors (Lipinski definition) is 2. The molecule has 16 heavy (non-hydrogen) atoms. The van der Waals surface area contributed by atoms with Crippen LogP contribution in [-0.4, -0.2) is 15.8 Å². The first-order valence-corrected chi connectivity index (χ1v) is 4.85. The van der Waals surface area contributed by atoms with Crippen molar-refractivity contribution in [3.8, 4) is 11.8 Å². The highest BCUT2D eigenvalue weighted by Crippen LogP contribution is 2.02. The Morgan fingerprint density at radius 3 is 2.69 bits per heavy atom. The molecule has 0 bridgehead atoms. The topological polar surface area (TPSA) is 34.9 Å². The summed E-state index contributed by atoms with van der Waals surface area (Å²) in [4.78, 5) is 14.9. The Labute approximate surface area is 93.7 Å². The van der Waals surface area contributed by atoms with Crippen molar-refractivity contribution in [3.63, 3.8) is 0 Å². The lowest BCUT2D eigenvalue weighted by Crippen LogP contribution is -1.94. The van der Waals surface area contributed by atoms with Gasteiger partial charge in [-0.3, -0.25) is 4.79 Å². The predicted molar refractivity (Wildman–Crippen MR) is 61.0 cm³/mol. The number of benzene rings is 1. The number of hydrogen-bond donors (Lipinski definition) is 0. The van der Waals surface area contributed by atoms with Crippen LogP contribution in [0.5, 0.6) is 0 Å². The van der Waals surface area contributed by atoms with Gasteiger partial charge in [0.1, 0.15) is 11.4 Å². The van der Waals surface area contributed by atoms with Crippen molar-refractivity contribution in [3.05, 3.63) is 53.6 Å². The molecule has 0 radical (unpaired) electrons. The number of rotatable bonds is 1. The lowest BCUT2D eigenvalue weighted by Gasteiger charge is -1.90. The van der Waals surface area contributed by atoms with E-state index in [-0.39, 0.29) is 0 Å². The van der Waals surface area contributed by atoms with Gasteiger partial charge in [0.15, 0.2) is 6.29 Å². The Kier molecular flexibility index (Phi) is 2.84. The molecular weight excluding hydrogens is 200 g/mol. The molecule has 0 N–H and O–H groups in total. The zero-order chi connectivity index (χ0) is 11.4. The molecule has 0 spiro atoms. The fourth-order valence-electron chi connectivity index (χ4n) is 1.33. The van der Waals surface area contributed by atoms with Crippen LogP contribution in [0.15, 0.2) is 36.7 Å². The van der Waals surface area contributed by atoms with Crippen LogP contribution in [0.4, 0.5) is 0 Å². The molecule has 0 aliphatic heterocycles. The molecule has 0 unspecified atom stereocenters. The maximum Gasteiger partial charge on any atom is 0.169 e. The fraction of sp³-hybridized carbons (Fsp3) is 0.0769. The molecule has 0 fully saturated rings. The summed E-state index contributed by atoms with van der Waals surface area (Å²) in [5.41, 5.74) is 1.93. The molecule has 0 atom stereocenters. The van der Waals surface area contributed by atoms with Crippen molar-refractivity contribution in [2.75, 3.05) is 0 Å². The van der Waals surface area contributed by atoms with Gasteiger partial charge in [-0.25, -0.2) is 4.98 Å². The van der Waals surface area contributed by atoms with E-state index in [1.807, 2.05) is 30.3 Å². The Bertz CT molecular complexity index is 559. The molecule has 0 amide bonds. The number of nitrogens with zero attached hydrogens (tertiary/aromatic N) is 2. The smallest absolute Gasteiger partial charge is 0.169 e. The summed E-state index contributed by atoms with van der Waals surface area (Å²) in [6.07, 6.45) is 2.35. The Morgan fingerprint density at radius 2 is 2.00 bits per heavy atom. The Balaban J connectivity index is 2.35. The van der Waals surface area contributed by atoms with Crippen molar-refractivity contribution < 1.29 is 4.79 Å². The number of carbonyl (C=O) groups is 1. The first-order valence-electron chi connectivity index (χ1n) is 4.85. The average Bonchev–Trinajstić information content (AvgIpc) is 2.68. The van der Waals surface area contributed by atoms with E-state index >= 15 is 0 Å². The third-order valence-corrected chi connectivity index (χ3v) is 2.19. The van der Waals surface area contributed by atoms with Crippen molar-refractivity contribution in [1.29, 1.82) is 0 Å². The van der Waals surface area contributed by atoms with Gasteiger partial charge < -0.3 is 4.57 Å². The van der Waals surface area contributed by atoms with Gasteiger partial charge in [-0.05, 0) is 18.1 Å². The summed E-state index contributed by atoms with van der Waals surface area (Å²) < 4.78 is 1.65. The number of aryl methyl sites for hydroxylation is 1. The van der Waals surface area contributed by atoms with Crippen LogP contribution >= 0.6 is 0 Å². The summed E-state index contributed by atoms with van der Waals surface area (Å²) in [5, 5.41) is 0. The number of carbonyl (C=O) groups excluding carboxylic acids is 1. The van der Waals surface area contributed by atoms with E-state index in [2.05, 4.69) is 16.8 Å². The van der Waals surface area contributed by atoms with E-state index in [1.54, 1.807) is 17.9 Å². The highest BCUT2D eigenvalue weighted by molar-refractivity contribution is 5.76. The molecule has 2 aromatic rings. The minimum Gasteiger partial charge on any atom is -0.330 e. The molecule has 1 heterocycles. The van der Waals surface area contributed by atoms with Crippen molar-refractivity contribution in [2.45, 2.75) is 0 Å². The standard InChI is InChI=1S/C13H10N2O/c1-15-10-14-12(13(15)9-16)8-7-11-5-3-2-4-6-11/h2-6,9-10H,1H3. The lowest BCUT2D eigenvalue weighted by molar-refractivity contribution is 0.111. The van der Waals surface area contributed by atoms with E-state index in [1.165, 1.54) is 0 Å².